The van der Waals surface area contributed by atoms with Gasteiger partial charge in [0.1, 0.15) is 6.61 Å². The molecule has 1 N–H and O–H groups in total. The molecule has 1 unspecified atom stereocenters. The van der Waals surface area contributed by atoms with Gasteiger partial charge in [-0.25, -0.2) is 0 Å². The number of rotatable bonds is 54. The third-order valence-corrected chi connectivity index (χ3v) is 12.4. The maximum absolute atomic E-state index is 12.3. The Kier molecular flexibility index (Phi) is 61.6. The molecular weight excluding hydrogens is 957 g/mol. The number of ether oxygens (including phenoxy) is 2. The molecule has 0 aliphatic carbocycles. The van der Waals surface area contributed by atoms with Gasteiger partial charge in [-0.3, -0.25) is 9.59 Å². The number of aliphatic hydroxyl groups is 1. The molecule has 78 heavy (non-hydrogen) atoms. The Balaban J connectivity index is 3.66. The van der Waals surface area contributed by atoms with E-state index in [0.29, 0.717) is 12.8 Å². The highest BCUT2D eigenvalue weighted by Crippen LogP contribution is 2.14. The number of hydrogen-bond donors (Lipinski definition) is 1. The van der Waals surface area contributed by atoms with Gasteiger partial charge in [-0.15, -0.1) is 0 Å². The monoisotopic (exact) mass is 1070 g/mol. The van der Waals surface area contributed by atoms with Gasteiger partial charge in [-0.05, 0) is 141 Å². The van der Waals surface area contributed by atoms with E-state index in [1.807, 2.05) is 0 Å². The van der Waals surface area contributed by atoms with Crippen LogP contribution in [-0.2, 0) is 19.1 Å². The number of unbranched alkanes of at least 4 members (excludes halogenated alkanes) is 14. The molecule has 0 bridgehead atoms. The first kappa shape index (κ1) is 72.7. The summed E-state index contributed by atoms with van der Waals surface area (Å²) in [5, 5.41) is 9.67. The molecule has 0 aliphatic rings. The molecule has 0 aromatic rings. The average molecular weight is 1070 g/mol. The van der Waals surface area contributed by atoms with E-state index in [1.165, 1.54) is 64.2 Å². The van der Waals surface area contributed by atoms with Crippen LogP contribution in [0.15, 0.2) is 194 Å². The predicted octanol–water partition coefficient (Wildman–Crippen LogP) is 21.6. The van der Waals surface area contributed by atoms with Crippen molar-refractivity contribution in [1.29, 1.82) is 0 Å². The van der Waals surface area contributed by atoms with Gasteiger partial charge in [0.2, 0.25) is 0 Å². The number of carbonyl (C=O) groups excluding carboxylic acids is 2. The van der Waals surface area contributed by atoms with E-state index in [1.54, 1.807) is 0 Å². The quantitative estimate of drug-likeness (QED) is 0.0373. The Morgan fingerprint density at radius 2 is 0.513 bits per heavy atom. The highest BCUT2D eigenvalue weighted by Gasteiger charge is 2.16. The predicted molar refractivity (Wildman–Crippen MR) is 342 cm³/mol. The van der Waals surface area contributed by atoms with Crippen molar-refractivity contribution in [1.82, 2.24) is 0 Å². The molecule has 0 aliphatic heterocycles. The fourth-order valence-corrected chi connectivity index (χ4v) is 7.82. The van der Waals surface area contributed by atoms with Crippen molar-refractivity contribution in [2.75, 3.05) is 13.2 Å². The zero-order chi connectivity index (χ0) is 56.2. The molecule has 0 radical (unpaired) electrons. The van der Waals surface area contributed by atoms with E-state index < -0.39 is 6.10 Å². The molecule has 434 valence electrons. The van der Waals surface area contributed by atoms with Crippen LogP contribution in [0.4, 0.5) is 0 Å². The van der Waals surface area contributed by atoms with Crippen LogP contribution in [0.2, 0.25) is 0 Å². The number of allylic oxidation sites excluding steroid dienone is 32. The molecule has 5 nitrogen and oxygen atoms in total. The molecule has 0 heterocycles. The molecule has 1 atom stereocenters. The van der Waals surface area contributed by atoms with Gasteiger partial charge in [0, 0.05) is 12.8 Å². The molecule has 0 saturated heterocycles. The van der Waals surface area contributed by atoms with E-state index in [4.69, 9.17) is 9.47 Å². The van der Waals surface area contributed by atoms with E-state index in [2.05, 4.69) is 208 Å². The summed E-state index contributed by atoms with van der Waals surface area (Å²) < 4.78 is 10.7. The molecular formula is C73H112O5. The maximum atomic E-state index is 12.3. The first-order chi connectivity index (χ1) is 38.6. The Morgan fingerprint density at radius 3 is 0.795 bits per heavy atom. The molecule has 5 heteroatoms. The van der Waals surface area contributed by atoms with Crippen molar-refractivity contribution in [3.8, 4) is 0 Å². The lowest BCUT2D eigenvalue weighted by Crippen LogP contribution is -2.28. The minimum absolute atomic E-state index is 0.0978. The van der Waals surface area contributed by atoms with Crippen molar-refractivity contribution in [2.45, 2.75) is 238 Å². The molecule has 0 aromatic heterocycles. The fourth-order valence-electron chi connectivity index (χ4n) is 7.82. The van der Waals surface area contributed by atoms with Gasteiger partial charge in [-0.2, -0.15) is 0 Å². The minimum atomic E-state index is -0.813. The molecule has 0 saturated carbocycles. The van der Waals surface area contributed by atoms with Crippen molar-refractivity contribution < 1.29 is 24.2 Å². The van der Waals surface area contributed by atoms with Crippen molar-refractivity contribution in [3.63, 3.8) is 0 Å². The summed E-state index contributed by atoms with van der Waals surface area (Å²) in [6.07, 6.45) is 106. The van der Waals surface area contributed by atoms with Crippen molar-refractivity contribution in [3.05, 3.63) is 194 Å². The highest BCUT2D eigenvalue weighted by atomic mass is 16.6. The Morgan fingerprint density at radius 1 is 0.295 bits per heavy atom. The summed E-state index contributed by atoms with van der Waals surface area (Å²) in [4.78, 5) is 24.6. The smallest absolute Gasteiger partial charge is 0.306 e. The summed E-state index contributed by atoms with van der Waals surface area (Å²) in [7, 11) is 0. The van der Waals surface area contributed by atoms with Crippen LogP contribution in [0.3, 0.4) is 0 Å². The zero-order valence-electron chi connectivity index (χ0n) is 49.6. The molecule has 0 spiro atoms. The Hall–Kier alpha value is -5.26. The summed E-state index contributed by atoms with van der Waals surface area (Å²) in [6, 6.07) is 0. The average Bonchev–Trinajstić information content (AvgIpc) is 3.44. The first-order valence-corrected chi connectivity index (χ1v) is 31.0. The lowest BCUT2D eigenvalue weighted by atomic mass is 10.0. The molecule has 0 rings (SSSR count). The van der Waals surface area contributed by atoms with Gasteiger partial charge in [-0.1, -0.05) is 272 Å². The normalized spacial score (nSPS) is 13.6. The van der Waals surface area contributed by atoms with Crippen LogP contribution in [-0.4, -0.2) is 36.4 Å². The van der Waals surface area contributed by atoms with Crippen molar-refractivity contribution >= 4 is 11.9 Å². The summed E-state index contributed by atoms with van der Waals surface area (Å²) in [5.41, 5.74) is 0. The van der Waals surface area contributed by atoms with Crippen LogP contribution < -0.4 is 0 Å². The third kappa shape index (κ3) is 63.3. The van der Waals surface area contributed by atoms with Crippen LogP contribution in [0.5, 0.6) is 0 Å². The van der Waals surface area contributed by atoms with Crippen LogP contribution in [0.25, 0.3) is 0 Å². The number of carbonyl (C=O) groups is 2. The standard InChI is InChI=1S/C73H112O5/c1-3-5-7-9-11-13-15-17-19-21-23-25-27-29-31-33-35-36-38-40-42-44-46-48-50-52-54-56-58-60-62-64-66-68-73(76)78-71(69-74)70-77-72(75)67-65-63-61-59-57-55-53-51-49-47-45-43-41-39-37-34-32-30-28-26-24-22-20-18-16-14-12-10-8-6-4-2/h5-8,11-14,17-20,23-26,29-32,35-37,39-40,42,46,48,52,54,58,60,71,74H,3-4,9-10,15-16,21-22,27-28,33-34,38,41,43-45,47,49-51,53,55-57,59,61-70H2,1-2H3/b7-5-,8-6-,13-11-,14-12-,19-17-,20-18-,25-23-,26-24-,31-29-,32-30-,36-35-,39-37-,42-40-,48-46-,54-52-,60-58-. The maximum Gasteiger partial charge on any atom is 0.306 e. The lowest BCUT2D eigenvalue weighted by molar-refractivity contribution is -0.161. The second-order valence-corrected chi connectivity index (χ2v) is 19.7. The Bertz CT molecular complexity index is 1830. The molecule has 0 aromatic carbocycles. The van der Waals surface area contributed by atoms with E-state index in [9.17, 15) is 14.7 Å². The van der Waals surface area contributed by atoms with E-state index in [-0.39, 0.29) is 31.6 Å². The summed E-state index contributed by atoms with van der Waals surface area (Å²) in [6.45, 7) is 3.87. The van der Waals surface area contributed by atoms with Gasteiger partial charge in [0.15, 0.2) is 6.10 Å². The lowest BCUT2D eigenvalue weighted by Gasteiger charge is -2.15. The van der Waals surface area contributed by atoms with Crippen LogP contribution >= 0.6 is 0 Å². The SMILES string of the molecule is CC/C=C\C/C=C\C/C=C\C/C=C\C/C=C\C/C=C\C/C=C\C/C=C\C/C=C\C/C=C\CCCCC(=O)OC(CO)COC(=O)CCCCCCCCCCCCCC/C=C\C/C=C\C/C=C\C/C=C\C/C=C\C/C=C\CC. The van der Waals surface area contributed by atoms with Gasteiger partial charge in [0.25, 0.3) is 0 Å². The van der Waals surface area contributed by atoms with Crippen LogP contribution in [0, 0.1) is 0 Å². The second-order valence-electron chi connectivity index (χ2n) is 19.7. The topological polar surface area (TPSA) is 72.8 Å². The summed E-state index contributed by atoms with van der Waals surface area (Å²) >= 11 is 0. The highest BCUT2D eigenvalue weighted by molar-refractivity contribution is 5.70. The molecule has 0 fully saturated rings. The largest absolute Gasteiger partial charge is 0.462 e. The van der Waals surface area contributed by atoms with Gasteiger partial charge in [0.05, 0.1) is 6.61 Å². The number of aliphatic hydroxyl groups excluding tert-OH is 1. The van der Waals surface area contributed by atoms with Crippen molar-refractivity contribution in [2.24, 2.45) is 0 Å². The third-order valence-electron chi connectivity index (χ3n) is 12.4. The molecule has 0 amide bonds. The van der Waals surface area contributed by atoms with Gasteiger partial charge < -0.3 is 14.6 Å². The minimum Gasteiger partial charge on any atom is -0.462 e. The zero-order valence-corrected chi connectivity index (χ0v) is 49.6. The fraction of sp³-hybridized carbons (Fsp3) is 0.534. The second kappa shape index (κ2) is 66.0. The first-order valence-electron chi connectivity index (χ1n) is 31.0. The Labute approximate surface area is 479 Å². The number of esters is 2. The summed E-state index contributed by atoms with van der Waals surface area (Å²) in [5.74, 6) is -0.658. The van der Waals surface area contributed by atoms with Crippen LogP contribution in [0.1, 0.15) is 232 Å². The van der Waals surface area contributed by atoms with E-state index >= 15 is 0 Å². The van der Waals surface area contributed by atoms with E-state index in [0.717, 1.165) is 135 Å². The van der Waals surface area contributed by atoms with Gasteiger partial charge >= 0.3 is 11.9 Å². The number of hydrogen-bond acceptors (Lipinski definition) is 5.